The summed E-state index contributed by atoms with van der Waals surface area (Å²) < 4.78 is 5.14. The Kier molecular flexibility index (Phi) is 7.43. The maximum atomic E-state index is 5.35. The third kappa shape index (κ3) is 6.56. The van der Waals surface area contributed by atoms with Crippen molar-refractivity contribution in [2.75, 3.05) is 14.2 Å². The smallest absolute Gasteiger partial charge is 0.187 e. The standard InChI is InChI=1S/C18H22N4OS2/c1-22(18(25)20-13-14-6-4-3-5-7-14)21-17(24)19-12-15-8-10-16(23-2)11-9-15/h3-11H,12-13H2,1-2H3,(H,20,25)(H2,19,21,24). The molecule has 0 radical (unpaired) electrons. The Hall–Kier alpha value is -2.38. The average molecular weight is 375 g/mol. The van der Waals surface area contributed by atoms with Crippen LogP contribution in [0.1, 0.15) is 11.1 Å². The first-order valence-corrected chi connectivity index (χ1v) is 8.63. The first-order chi connectivity index (χ1) is 12.1. The van der Waals surface area contributed by atoms with Crippen LogP contribution in [0.5, 0.6) is 5.75 Å². The fourth-order valence-corrected chi connectivity index (χ4v) is 2.39. The van der Waals surface area contributed by atoms with Crippen LogP contribution in [0.15, 0.2) is 54.6 Å². The van der Waals surface area contributed by atoms with E-state index >= 15 is 0 Å². The molecule has 0 bridgehead atoms. The predicted octanol–water partition coefficient (Wildman–Crippen LogP) is 2.58. The van der Waals surface area contributed by atoms with Gasteiger partial charge in [0.2, 0.25) is 0 Å². The Labute approximate surface area is 159 Å². The highest BCUT2D eigenvalue weighted by Gasteiger charge is 2.05. The van der Waals surface area contributed by atoms with E-state index in [0.29, 0.717) is 23.3 Å². The third-order valence-corrected chi connectivity index (χ3v) is 4.13. The maximum Gasteiger partial charge on any atom is 0.187 e. The average Bonchev–Trinajstić information content (AvgIpc) is 2.65. The van der Waals surface area contributed by atoms with Gasteiger partial charge in [0.15, 0.2) is 10.2 Å². The van der Waals surface area contributed by atoms with Crippen molar-refractivity contribution in [1.29, 1.82) is 0 Å². The third-order valence-electron chi connectivity index (χ3n) is 3.47. The fraction of sp³-hybridized carbons (Fsp3) is 0.222. The van der Waals surface area contributed by atoms with Crippen molar-refractivity contribution >= 4 is 34.7 Å². The zero-order valence-electron chi connectivity index (χ0n) is 14.3. The number of hydrogen-bond donors (Lipinski definition) is 3. The van der Waals surface area contributed by atoms with Gasteiger partial charge in [0.25, 0.3) is 0 Å². The van der Waals surface area contributed by atoms with Gasteiger partial charge in [-0.2, -0.15) is 0 Å². The number of nitrogens with one attached hydrogen (secondary N) is 3. The second-order valence-electron chi connectivity index (χ2n) is 5.35. The monoisotopic (exact) mass is 374 g/mol. The molecule has 0 spiro atoms. The van der Waals surface area contributed by atoms with Crippen LogP contribution >= 0.6 is 24.4 Å². The molecule has 0 aliphatic carbocycles. The molecular weight excluding hydrogens is 352 g/mol. The molecule has 7 heteroatoms. The number of nitrogens with zero attached hydrogens (tertiary/aromatic N) is 1. The number of rotatable bonds is 5. The molecule has 0 heterocycles. The number of ether oxygens (including phenoxy) is 1. The van der Waals surface area contributed by atoms with E-state index in [1.54, 1.807) is 12.1 Å². The summed E-state index contributed by atoms with van der Waals surface area (Å²) in [7, 11) is 3.47. The molecule has 3 N–H and O–H groups in total. The lowest BCUT2D eigenvalue weighted by Gasteiger charge is -2.23. The number of hydrazine groups is 1. The summed E-state index contributed by atoms with van der Waals surface area (Å²) in [4.78, 5) is 0. The van der Waals surface area contributed by atoms with E-state index in [9.17, 15) is 0 Å². The molecule has 2 aromatic carbocycles. The van der Waals surface area contributed by atoms with Crippen LogP contribution in [0.25, 0.3) is 0 Å². The van der Waals surface area contributed by atoms with Crippen molar-refractivity contribution in [3.8, 4) is 5.75 Å². The number of benzene rings is 2. The maximum absolute atomic E-state index is 5.35. The number of thiocarbonyl (C=S) groups is 2. The molecule has 0 amide bonds. The summed E-state index contributed by atoms with van der Waals surface area (Å²) in [6.07, 6.45) is 0. The number of methoxy groups -OCH3 is 1. The van der Waals surface area contributed by atoms with Crippen LogP contribution in [0.3, 0.4) is 0 Å². The quantitative estimate of drug-likeness (QED) is 0.549. The lowest BCUT2D eigenvalue weighted by Crippen LogP contribution is -2.50. The van der Waals surface area contributed by atoms with Crippen molar-refractivity contribution in [1.82, 2.24) is 21.1 Å². The van der Waals surface area contributed by atoms with E-state index in [0.717, 1.165) is 11.3 Å². The minimum Gasteiger partial charge on any atom is -0.497 e. The zero-order valence-corrected chi connectivity index (χ0v) is 15.9. The molecule has 0 aliphatic heterocycles. The Morgan fingerprint density at radius 3 is 2.16 bits per heavy atom. The highest BCUT2D eigenvalue weighted by molar-refractivity contribution is 7.80. The molecule has 0 fully saturated rings. The van der Waals surface area contributed by atoms with E-state index < -0.39 is 0 Å². The van der Waals surface area contributed by atoms with Gasteiger partial charge in [-0.05, 0) is 47.7 Å². The normalized spacial score (nSPS) is 9.84. The zero-order chi connectivity index (χ0) is 18.1. The van der Waals surface area contributed by atoms with Crippen LogP contribution in [-0.2, 0) is 13.1 Å². The van der Waals surface area contributed by atoms with Gasteiger partial charge in [-0.25, -0.2) is 0 Å². The van der Waals surface area contributed by atoms with Gasteiger partial charge < -0.3 is 15.4 Å². The first-order valence-electron chi connectivity index (χ1n) is 7.81. The van der Waals surface area contributed by atoms with Gasteiger partial charge >= 0.3 is 0 Å². The SMILES string of the molecule is COc1ccc(CNC(=S)NN(C)C(=S)NCc2ccccc2)cc1. The van der Waals surface area contributed by atoms with Crippen LogP contribution < -0.4 is 20.8 Å². The largest absolute Gasteiger partial charge is 0.497 e. The second kappa shape index (κ2) is 9.80. The van der Waals surface area contributed by atoms with Crippen LogP contribution in [-0.4, -0.2) is 29.4 Å². The predicted molar refractivity (Wildman–Crippen MR) is 109 cm³/mol. The lowest BCUT2D eigenvalue weighted by molar-refractivity contribution is 0.414. The van der Waals surface area contributed by atoms with Gasteiger partial charge in [-0.3, -0.25) is 10.4 Å². The van der Waals surface area contributed by atoms with E-state index in [1.807, 2.05) is 61.6 Å². The van der Waals surface area contributed by atoms with Crippen molar-refractivity contribution in [3.05, 3.63) is 65.7 Å². The van der Waals surface area contributed by atoms with E-state index in [4.69, 9.17) is 29.2 Å². The van der Waals surface area contributed by atoms with Crippen LogP contribution in [0.2, 0.25) is 0 Å². The van der Waals surface area contributed by atoms with E-state index in [2.05, 4.69) is 16.1 Å². The summed E-state index contributed by atoms with van der Waals surface area (Å²) in [6, 6.07) is 17.9. The lowest BCUT2D eigenvalue weighted by atomic mass is 10.2. The molecule has 0 aromatic heterocycles. The highest BCUT2D eigenvalue weighted by atomic mass is 32.1. The molecule has 0 unspecified atom stereocenters. The summed E-state index contributed by atoms with van der Waals surface area (Å²) >= 11 is 10.6. The van der Waals surface area contributed by atoms with Gasteiger partial charge in [-0.15, -0.1) is 0 Å². The van der Waals surface area contributed by atoms with Gasteiger partial charge in [0.1, 0.15) is 5.75 Å². The summed E-state index contributed by atoms with van der Waals surface area (Å²) in [5, 5.41) is 9.08. The molecule has 25 heavy (non-hydrogen) atoms. The van der Waals surface area contributed by atoms with Gasteiger partial charge in [-0.1, -0.05) is 42.5 Å². The van der Waals surface area contributed by atoms with Crippen molar-refractivity contribution < 1.29 is 4.74 Å². The van der Waals surface area contributed by atoms with Gasteiger partial charge in [0, 0.05) is 20.1 Å². The fourth-order valence-electron chi connectivity index (χ4n) is 2.06. The first kappa shape index (κ1) is 19.0. The Morgan fingerprint density at radius 2 is 1.52 bits per heavy atom. The Morgan fingerprint density at radius 1 is 0.920 bits per heavy atom. The summed E-state index contributed by atoms with van der Waals surface area (Å²) in [5.74, 6) is 0.832. The van der Waals surface area contributed by atoms with Crippen molar-refractivity contribution in [2.45, 2.75) is 13.1 Å². The minimum absolute atomic E-state index is 0.502. The molecule has 5 nitrogen and oxygen atoms in total. The molecule has 0 atom stereocenters. The van der Waals surface area contributed by atoms with E-state index in [1.165, 1.54) is 5.56 Å². The Bertz CT molecular complexity index is 692. The van der Waals surface area contributed by atoms with E-state index in [-0.39, 0.29) is 0 Å². The second-order valence-corrected chi connectivity index (χ2v) is 6.14. The molecule has 2 aromatic rings. The van der Waals surface area contributed by atoms with Crippen LogP contribution in [0, 0.1) is 0 Å². The number of hydrogen-bond acceptors (Lipinski definition) is 3. The Balaban J connectivity index is 1.72. The molecule has 2 rings (SSSR count). The van der Waals surface area contributed by atoms with Crippen molar-refractivity contribution in [3.63, 3.8) is 0 Å². The van der Waals surface area contributed by atoms with Crippen LogP contribution in [0.4, 0.5) is 0 Å². The highest BCUT2D eigenvalue weighted by Crippen LogP contribution is 2.10. The topological polar surface area (TPSA) is 48.6 Å². The molecular formula is C18H22N4OS2. The molecule has 0 aliphatic rings. The molecule has 0 saturated heterocycles. The molecule has 132 valence electrons. The summed E-state index contributed by atoms with van der Waals surface area (Å²) in [6.45, 7) is 1.28. The van der Waals surface area contributed by atoms with Crippen molar-refractivity contribution in [2.24, 2.45) is 0 Å². The minimum atomic E-state index is 0.502. The van der Waals surface area contributed by atoms with Gasteiger partial charge in [0.05, 0.1) is 7.11 Å². The molecule has 0 saturated carbocycles. The summed E-state index contributed by atoms with van der Waals surface area (Å²) in [5.41, 5.74) is 5.31.